The Morgan fingerprint density at radius 2 is 0.760 bits per heavy atom. The summed E-state index contributed by atoms with van der Waals surface area (Å²) >= 11 is 0. The lowest BCUT2D eigenvalue weighted by Crippen LogP contribution is -2.17. The van der Waals surface area contributed by atoms with Crippen molar-refractivity contribution >= 4 is 21.5 Å². The zero-order valence-electron chi connectivity index (χ0n) is 59.6. The lowest BCUT2D eigenvalue weighted by molar-refractivity contribution is 0.599. The highest BCUT2D eigenvalue weighted by molar-refractivity contribution is 7.93. The number of pyridine rings is 6. The lowest BCUT2D eigenvalue weighted by Gasteiger charge is -2.09. The smallest absolute Gasteiger partial charge is 0.236 e. The standard InChI is InChI=1S/C21H26N4.C21H25N3.C20H24N4.C19H21N5O2S/c1-4-5-20-12-21(10-11-22-20)25-15-18(14-24-25)17-6-8-19(9-7-17)23-13-16(2)3;1-4-5-20-13-21(10-11-22-20)24-15-19(14-23-24)18-8-6-17(7-9-18)12-16(2)3;1-4-5-18-11-20(8-9-21-18)24-14-17(13-23-24)16-6-7-19(22-12-16)10-15(2)3;1-2-3-16-10-17(8-9-20-16)24-13-15(12-22-24)14-4-7-19(21-11-14)23-27(25,26)18-5-6-18/h6-12,14-16,23H,4-5,13H2,1-3H3;6-11,13-16H,4-5,12H2,1-3H3;6-9,11-15H,4-5,10H2,1-3H3;4,7-13,18H,2-3,5-6H2,1H3,(H,21,23). The summed E-state index contributed by atoms with van der Waals surface area (Å²) in [6.07, 6.45) is 38.4. The van der Waals surface area contributed by atoms with Gasteiger partial charge < -0.3 is 5.32 Å². The summed E-state index contributed by atoms with van der Waals surface area (Å²) in [5.41, 5.74) is 20.8. The van der Waals surface area contributed by atoms with Crippen LogP contribution in [0.25, 0.3) is 67.3 Å². The highest BCUT2D eigenvalue weighted by Gasteiger charge is 2.36. The molecule has 0 radical (unpaired) electrons. The summed E-state index contributed by atoms with van der Waals surface area (Å²) in [7, 11) is -3.29. The first kappa shape index (κ1) is 72.5. The van der Waals surface area contributed by atoms with E-state index in [1.54, 1.807) is 29.3 Å². The molecule has 2 N–H and O–H groups in total. The number of rotatable bonds is 26. The SMILES string of the molecule is CCCc1cc(-n2cc(-c3ccc(CC(C)C)cc3)cn2)ccn1.CCCc1cc(-n2cc(-c3ccc(CC(C)C)nc3)cn2)ccn1.CCCc1cc(-n2cc(-c3ccc(NCC(C)C)cc3)cn2)ccn1.CCCc1cc(-n2cc(-c3ccc(NS(=O)(=O)C4CC4)nc3)cn2)ccn1. The van der Waals surface area contributed by atoms with Crippen LogP contribution in [-0.2, 0) is 48.5 Å². The Hall–Kier alpha value is -10.3. The first-order valence-electron chi connectivity index (χ1n) is 35.4. The number of aromatic nitrogens is 14. The Kier molecular flexibility index (Phi) is 25.7. The lowest BCUT2D eigenvalue weighted by atomic mass is 10.0. The second-order valence-electron chi connectivity index (χ2n) is 26.8. The predicted molar refractivity (Wildman–Crippen MR) is 405 cm³/mol. The van der Waals surface area contributed by atoms with Gasteiger partial charge in [0.2, 0.25) is 10.0 Å². The Balaban J connectivity index is 0.000000144. The average Bonchev–Trinajstić information content (AvgIpc) is 1.71. The van der Waals surface area contributed by atoms with Crippen molar-refractivity contribution in [1.29, 1.82) is 0 Å². The van der Waals surface area contributed by atoms with Crippen molar-refractivity contribution in [3.05, 3.63) is 242 Å². The normalized spacial score (nSPS) is 12.0. The van der Waals surface area contributed by atoms with E-state index in [-0.39, 0.29) is 5.25 Å². The van der Waals surface area contributed by atoms with E-state index in [1.165, 1.54) is 16.7 Å². The number of sulfonamides is 1. The van der Waals surface area contributed by atoms with Crippen molar-refractivity contribution in [3.63, 3.8) is 0 Å². The highest BCUT2D eigenvalue weighted by Crippen LogP contribution is 2.31. The molecule has 0 atom stereocenters. The van der Waals surface area contributed by atoms with Gasteiger partial charge in [0.25, 0.3) is 0 Å². The number of hydrogen-bond donors (Lipinski definition) is 2. The molecule has 0 amide bonds. The van der Waals surface area contributed by atoms with Crippen molar-refractivity contribution < 1.29 is 8.42 Å². The summed E-state index contributed by atoms with van der Waals surface area (Å²) in [4.78, 5) is 26.4. The van der Waals surface area contributed by atoms with Crippen molar-refractivity contribution in [2.45, 2.75) is 152 Å². The molecule has 518 valence electrons. The maximum Gasteiger partial charge on any atom is 0.236 e. The van der Waals surface area contributed by atoms with Gasteiger partial charge in [-0.3, -0.25) is 29.6 Å². The minimum Gasteiger partial charge on any atom is -0.385 e. The Morgan fingerprint density at radius 1 is 0.390 bits per heavy atom. The average molecular weight is 1360 g/mol. The van der Waals surface area contributed by atoms with Gasteiger partial charge in [-0.15, -0.1) is 0 Å². The number of aryl methyl sites for hydroxylation is 4. The van der Waals surface area contributed by atoms with E-state index >= 15 is 0 Å². The molecule has 0 spiro atoms. The molecule has 0 saturated heterocycles. The second-order valence-corrected chi connectivity index (χ2v) is 28.7. The van der Waals surface area contributed by atoms with Gasteiger partial charge in [-0.25, -0.2) is 32.1 Å². The summed E-state index contributed by atoms with van der Waals surface area (Å²) in [5.74, 6) is 2.28. The quantitative estimate of drug-likeness (QED) is 0.0518. The molecule has 2 aromatic carbocycles. The summed E-state index contributed by atoms with van der Waals surface area (Å²) < 4.78 is 34.1. The molecular formula is C81H96N16O2S. The maximum absolute atomic E-state index is 12.0. The van der Waals surface area contributed by atoms with Crippen LogP contribution < -0.4 is 10.0 Å². The molecular weight excluding hydrogens is 1260 g/mol. The summed E-state index contributed by atoms with van der Waals surface area (Å²) in [5, 5.41) is 21.1. The molecule has 10 heterocycles. The first-order valence-corrected chi connectivity index (χ1v) is 36.9. The molecule has 1 saturated carbocycles. The van der Waals surface area contributed by atoms with Gasteiger partial charge in [-0.05, 0) is 165 Å². The number of benzene rings is 2. The van der Waals surface area contributed by atoms with Crippen molar-refractivity contribution in [3.8, 4) is 67.3 Å². The molecule has 0 bridgehead atoms. The maximum atomic E-state index is 12.0. The summed E-state index contributed by atoms with van der Waals surface area (Å²) in [6, 6.07) is 41.4. The van der Waals surface area contributed by atoms with Crippen LogP contribution in [0.4, 0.5) is 11.5 Å². The zero-order valence-corrected chi connectivity index (χ0v) is 60.4. The number of nitrogens with zero attached hydrogens (tertiary/aromatic N) is 14. The number of hydrogen-bond acceptors (Lipinski definition) is 13. The minimum atomic E-state index is -3.29. The minimum absolute atomic E-state index is 0.268. The van der Waals surface area contributed by atoms with Crippen molar-refractivity contribution in [2.24, 2.45) is 17.8 Å². The van der Waals surface area contributed by atoms with Gasteiger partial charge >= 0.3 is 0 Å². The third kappa shape index (κ3) is 21.1. The molecule has 1 aliphatic rings. The summed E-state index contributed by atoms with van der Waals surface area (Å²) in [6.45, 7) is 22.9. The van der Waals surface area contributed by atoms with Crippen molar-refractivity contribution in [2.75, 3.05) is 16.6 Å². The van der Waals surface area contributed by atoms with Gasteiger partial charge in [-0.1, -0.05) is 137 Å². The van der Waals surface area contributed by atoms with Gasteiger partial charge in [0.05, 0.1) is 52.8 Å². The molecule has 10 aromatic heterocycles. The van der Waals surface area contributed by atoms with Crippen molar-refractivity contribution in [1.82, 2.24) is 69.0 Å². The Bertz CT molecular complexity index is 4450. The van der Waals surface area contributed by atoms with Crippen LogP contribution in [0, 0.1) is 17.8 Å². The molecule has 1 fully saturated rings. The second kappa shape index (κ2) is 35.5. The van der Waals surface area contributed by atoms with Gasteiger partial charge in [0.1, 0.15) is 5.82 Å². The highest BCUT2D eigenvalue weighted by atomic mass is 32.2. The Labute approximate surface area is 591 Å². The molecule has 18 nitrogen and oxygen atoms in total. The topological polar surface area (TPSA) is 207 Å². The van der Waals surface area contributed by atoms with E-state index < -0.39 is 10.0 Å². The molecule has 100 heavy (non-hydrogen) atoms. The van der Waals surface area contributed by atoms with Gasteiger partial charge in [0.15, 0.2) is 0 Å². The van der Waals surface area contributed by atoms with Crippen LogP contribution in [0.3, 0.4) is 0 Å². The predicted octanol–water partition coefficient (Wildman–Crippen LogP) is 17.7. The number of anilines is 2. The third-order valence-electron chi connectivity index (χ3n) is 16.6. The monoisotopic (exact) mass is 1360 g/mol. The molecule has 12 aromatic rings. The third-order valence-corrected chi connectivity index (χ3v) is 18.4. The fourth-order valence-electron chi connectivity index (χ4n) is 11.2. The molecule has 1 aliphatic carbocycles. The van der Waals surface area contributed by atoms with Gasteiger partial charge in [-0.2, -0.15) is 20.4 Å². The first-order chi connectivity index (χ1) is 48.5. The fraction of sp³-hybridized carbons (Fsp3) is 0.333. The molecule has 19 heteroatoms. The largest absolute Gasteiger partial charge is 0.385 e. The fourth-order valence-corrected chi connectivity index (χ4v) is 12.6. The van der Waals surface area contributed by atoms with E-state index in [9.17, 15) is 8.42 Å². The molecule has 13 rings (SSSR count). The number of nitrogens with one attached hydrogen (secondary N) is 2. The van der Waals surface area contributed by atoms with E-state index in [0.29, 0.717) is 23.6 Å². The van der Waals surface area contributed by atoms with Gasteiger partial charge in [0, 0.05) is 136 Å². The van der Waals surface area contributed by atoms with E-state index in [0.717, 1.165) is 174 Å². The van der Waals surface area contributed by atoms with Crippen LogP contribution in [0.1, 0.15) is 142 Å². The molecule has 0 aliphatic heterocycles. The van der Waals surface area contributed by atoms with Crippen LogP contribution in [0.5, 0.6) is 0 Å². The van der Waals surface area contributed by atoms with E-state index in [2.05, 4.69) is 221 Å². The van der Waals surface area contributed by atoms with Crippen LogP contribution in [0.15, 0.2) is 208 Å². The van der Waals surface area contributed by atoms with Crippen LogP contribution in [-0.4, -0.2) is 89.2 Å². The Morgan fingerprint density at radius 3 is 1.10 bits per heavy atom. The molecule has 0 unspecified atom stereocenters. The van der Waals surface area contributed by atoms with E-state index in [1.807, 2.05) is 106 Å². The zero-order chi connectivity index (χ0) is 70.4. The van der Waals surface area contributed by atoms with Crippen LogP contribution in [0.2, 0.25) is 0 Å². The van der Waals surface area contributed by atoms with E-state index in [4.69, 9.17) is 0 Å². The van der Waals surface area contributed by atoms with Crippen LogP contribution >= 0.6 is 0 Å².